The first kappa shape index (κ1) is 13.5. The summed E-state index contributed by atoms with van der Waals surface area (Å²) in [6.45, 7) is 2.90. The van der Waals surface area contributed by atoms with Gasteiger partial charge in [0.25, 0.3) is 0 Å². The molecule has 16 heavy (non-hydrogen) atoms. The zero-order chi connectivity index (χ0) is 12.0. The van der Waals surface area contributed by atoms with Crippen LogP contribution in [-0.2, 0) is 4.74 Å². The van der Waals surface area contributed by atoms with Gasteiger partial charge in [-0.25, -0.2) is 0 Å². The van der Waals surface area contributed by atoms with Crippen molar-refractivity contribution in [3.63, 3.8) is 0 Å². The number of methoxy groups -OCH3 is 1. The lowest BCUT2D eigenvalue weighted by Gasteiger charge is -2.17. The maximum absolute atomic E-state index is 9.48. The molecule has 2 N–H and O–H groups in total. The average molecular weight is 244 g/mol. The van der Waals surface area contributed by atoms with E-state index in [2.05, 4.69) is 5.32 Å². The molecular formula is C12H18ClNO2. The number of ether oxygens (including phenoxy) is 1. The second-order valence-electron chi connectivity index (χ2n) is 3.79. The molecule has 0 saturated carbocycles. The van der Waals surface area contributed by atoms with Crippen molar-refractivity contribution in [2.24, 2.45) is 0 Å². The first-order valence-corrected chi connectivity index (χ1v) is 5.67. The van der Waals surface area contributed by atoms with Crippen LogP contribution >= 0.6 is 11.6 Å². The van der Waals surface area contributed by atoms with Crippen LogP contribution in [0.3, 0.4) is 0 Å². The van der Waals surface area contributed by atoms with E-state index < -0.39 is 6.10 Å². The maximum atomic E-state index is 9.48. The fraction of sp³-hybridized carbons (Fsp3) is 0.500. The fourth-order valence-corrected chi connectivity index (χ4v) is 1.56. The van der Waals surface area contributed by atoms with E-state index in [-0.39, 0.29) is 6.04 Å². The van der Waals surface area contributed by atoms with E-state index in [4.69, 9.17) is 16.3 Å². The zero-order valence-electron chi connectivity index (χ0n) is 9.61. The van der Waals surface area contributed by atoms with Crippen molar-refractivity contribution in [3.8, 4) is 0 Å². The summed E-state index contributed by atoms with van der Waals surface area (Å²) in [5, 5.41) is 13.4. The number of aliphatic hydroxyl groups excluding tert-OH is 1. The van der Waals surface area contributed by atoms with Crippen molar-refractivity contribution in [1.82, 2.24) is 5.32 Å². The van der Waals surface area contributed by atoms with Gasteiger partial charge < -0.3 is 15.2 Å². The molecule has 1 aromatic rings. The van der Waals surface area contributed by atoms with Crippen LogP contribution in [-0.4, -0.2) is 31.5 Å². The van der Waals surface area contributed by atoms with Crippen LogP contribution in [0.1, 0.15) is 18.5 Å². The summed E-state index contributed by atoms with van der Waals surface area (Å²) in [5.41, 5.74) is 1.15. The molecule has 90 valence electrons. The Hall–Kier alpha value is -0.610. The molecule has 0 radical (unpaired) electrons. The first-order valence-electron chi connectivity index (χ1n) is 5.29. The molecule has 1 aromatic carbocycles. The Kier molecular flexibility index (Phi) is 5.77. The molecular weight excluding hydrogens is 226 g/mol. The van der Waals surface area contributed by atoms with E-state index in [9.17, 15) is 5.11 Å². The molecule has 0 aliphatic carbocycles. The monoisotopic (exact) mass is 243 g/mol. The molecule has 0 heterocycles. The molecule has 0 fully saturated rings. The fourth-order valence-electron chi connectivity index (χ4n) is 1.43. The molecule has 0 saturated heterocycles. The molecule has 3 nitrogen and oxygen atoms in total. The minimum Gasteiger partial charge on any atom is -0.389 e. The third-order valence-corrected chi connectivity index (χ3v) is 2.64. The second kappa shape index (κ2) is 6.86. The summed E-state index contributed by atoms with van der Waals surface area (Å²) in [4.78, 5) is 0. The lowest BCUT2D eigenvalue weighted by molar-refractivity contribution is 0.0630. The largest absolute Gasteiger partial charge is 0.389 e. The molecule has 1 rings (SSSR count). The Morgan fingerprint density at radius 2 is 2.00 bits per heavy atom. The SMILES string of the molecule is COCC(O)CN[C@H](C)c1ccc(Cl)cc1. The highest BCUT2D eigenvalue weighted by Gasteiger charge is 2.08. The quantitative estimate of drug-likeness (QED) is 0.803. The number of halogens is 1. The van der Waals surface area contributed by atoms with E-state index in [1.165, 1.54) is 0 Å². The van der Waals surface area contributed by atoms with E-state index in [1.807, 2.05) is 31.2 Å². The predicted octanol–water partition coefficient (Wildman–Crippen LogP) is 2.00. The molecule has 0 amide bonds. The van der Waals surface area contributed by atoms with Gasteiger partial charge in [-0.2, -0.15) is 0 Å². The number of hydrogen-bond donors (Lipinski definition) is 2. The number of benzene rings is 1. The van der Waals surface area contributed by atoms with Gasteiger partial charge in [-0.15, -0.1) is 0 Å². The molecule has 2 atom stereocenters. The van der Waals surface area contributed by atoms with E-state index in [1.54, 1.807) is 7.11 Å². The van der Waals surface area contributed by atoms with Crippen LogP contribution in [0.15, 0.2) is 24.3 Å². The number of rotatable bonds is 6. The Balaban J connectivity index is 2.40. The van der Waals surface area contributed by atoms with E-state index in [0.29, 0.717) is 13.2 Å². The van der Waals surface area contributed by atoms with Crippen molar-refractivity contribution in [2.45, 2.75) is 19.1 Å². The molecule has 0 bridgehead atoms. The summed E-state index contributed by atoms with van der Waals surface area (Å²) in [7, 11) is 1.58. The molecule has 0 aliphatic rings. The van der Waals surface area contributed by atoms with Gasteiger partial charge in [-0.1, -0.05) is 23.7 Å². The van der Waals surface area contributed by atoms with Gasteiger partial charge >= 0.3 is 0 Å². The second-order valence-corrected chi connectivity index (χ2v) is 4.23. The van der Waals surface area contributed by atoms with Crippen LogP contribution in [0, 0.1) is 0 Å². The topological polar surface area (TPSA) is 41.5 Å². The highest BCUT2D eigenvalue weighted by atomic mass is 35.5. The van der Waals surface area contributed by atoms with E-state index in [0.717, 1.165) is 10.6 Å². The number of nitrogens with one attached hydrogen (secondary N) is 1. The van der Waals surface area contributed by atoms with Crippen LogP contribution in [0.2, 0.25) is 5.02 Å². The van der Waals surface area contributed by atoms with Gasteiger partial charge in [0.15, 0.2) is 0 Å². The van der Waals surface area contributed by atoms with Crippen LogP contribution in [0.5, 0.6) is 0 Å². The van der Waals surface area contributed by atoms with Crippen molar-refractivity contribution in [3.05, 3.63) is 34.9 Å². The minimum atomic E-state index is -0.472. The molecule has 1 unspecified atom stereocenters. The van der Waals surface area contributed by atoms with Crippen LogP contribution in [0.25, 0.3) is 0 Å². The van der Waals surface area contributed by atoms with Gasteiger partial charge in [-0.3, -0.25) is 0 Å². The Bertz CT molecular complexity index is 302. The van der Waals surface area contributed by atoms with Crippen LogP contribution < -0.4 is 5.32 Å². The normalized spacial score (nSPS) is 14.8. The van der Waals surface area contributed by atoms with Gasteiger partial charge in [-0.05, 0) is 24.6 Å². The standard InChI is InChI=1S/C12H18ClNO2/c1-9(14-7-12(15)8-16-2)10-3-5-11(13)6-4-10/h3-6,9,12,14-15H,7-8H2,1-2H3/t9-,12?/m1/s1. The van der Waals surface area contributed by atoms with Gasteiger partial charge in [0.05, 0.1) is 12.7 Å². The average Bonchev–Trinajstić information content (AvgIpc) is 2.27. The molecule has 0 spiro atoms. The van der Waals surface area contributed by atoms with Crippen molar-refractivity contribution in [1.29, 1.82) is 0 Å². The lowest BCUT2D eigenvalue weighted by Crippen LogP contribution is -2.31. The van der Waals surface area contributed by atoms with Crippen molar-refractivity contribution < 1.29 is 9.84 Å². The zero-order valence-corrected chi connectivity index (χ0v) is 10.4. The van der Waals surface area contributed by atoms with Gasteiger partial charge in [0.1, 0.15) is 0 Å². The lowest BCUT2D eigenvalue weighted by atomic mass is 10.1. The summed E-state index contributed by atoms with van der Waals surface area (Å²) < 4.78 is 4.85. The third kappa shape index (κ3) is 4.49. The smallest absolute Gasteiger partial charge is 0.0897 e. The minimum absolute atomic E-state index is 0.184. The Morgan fingerprint density at radius 1 is 1.38 bits per heavy atom. The molecule has 0 aromatic heterocycles. The summed E-state index contributed by atoms with van der Waals surface area (Å²) in [6.07, 6.45) is -0.472. The van der Waals surface area contributed by atoms with Gasteiger partial charge in [0, 0.05) is 24.7 Å². The highest BCUT2D eigenvalue weighted by molar-refractivity contribution is 6.30. The van der Waals surface area contributed by atoms with Gasteiger partial charge in [0.2, 0.25) is 0 Å². The first-order chi connectivity index (χ1) is 7.63. The predicted molar refractivity (Wildman–Crippen MR) is 65.8 cm³/mol. The third-order valence-electron chi connectivity index (χ3n) is 2.39. The summed E-state index contributed by atoms with van der Waals surface area (Å²) in [5.74, 6) is 0. The molecule has 4 heteroatoms. The summed E-state index contributed by atoms with van der Waals surface area (Å²) >= 11 is 5.81. The number of hydrogen-bond acceptors (Lipinski definition) is 3. The highest BCUT2D eigenvalue weighted by Crippen LogP contribution is 2.15. The number of aliphatic hydroxyl groups is 1. The molecule has 0 aliphatic heterocycles. The Morgan fingerprint density at radius 3 is 2.56 bits per heavy atom. The van der Waals surface area contributed by atoms with Crippen molar-refractivity contribution in [2.75, 3.05) is 20.3 Å². The Labute approximate surface area is 101 Å². The van der Waals surface area contributed by atoms with Crippen molar-refractivity contribution >= 4 is 11.6 Å². The summed E-state index contributed by atoms with van der Waals surface area (Å²) in [6, 6.07) is 7.86. The maximum Gasteiger partial charge on any atom is 0.0897 e. The van der Waals surface area contributed by atoms with Crippen LogP contribution in [0.4, 0.5) is 0 Å². The van der Waals surface area contributed by atoms with E-state index >= 15 is 0 Å².